The standard InChI is InChI=1S/C17H30N4O/c1-3-20(4-2)12-13-21-11-6-5-10-15(21)17-19-18-16(22-17)14-8-7-9-14/h14-15H,3-13H2,1-2H3/t15-/m0/s1. The molecule has 1 aliphatic heterocycles. The molecular formula is C17H30N4O. The second-order valence-corrected chi connectivity index (χ2v) is 6.68. The number of aromatic nitrogens is 2. The second-order valence-electron chi connectivity index (χ2n) is 6.68. The van der Waals surface area contributed by atoms with Crippen molar-refractivity contribution in [2.45, 2.75) is 64.3 Å². The fourth-order valence-corrected chi connectivity index (χ4v) is 3.55. The molecule has 1 saturated carbocycles. The van der Waals surface area contributed by atoms with Gasteiger partial charge in [-0.15, -0.1) is 10.2 Å². The molecule has 0 amide bonds. The Morgan fingerprint density at radius 1 is 1.05 bits per heavy atom. The van der Waals surface area contributed by atoms with Crippen LogP contribution in [0.5, 0.6) is 0 Å². The Bertz CT molecular complexity index is 453. The summed E-state index contributed by atoms with van der Waals surface area (Å²) >= 11 is 0. The first-order valence-electron chi connectivity index (χ1n) is 9.11. The number of hydrogen-bond acceptors (Lipinski definition) is 5. The van der Waals surface area contributed by atoms with Gasteiger partial charge in [-0.25, -0.2) is 0 Å². The fraction of sp³-hybridized carbons (Fsp3) is 0.882. The van der Waals surface area contributed by atoms with Crippen LogP contribution in [0.25, 0.3) is 0 Å². The Morgan fingerprint density at radius 3 is 2.50 bits per heavy atom. The van der Waals surface area contributed by atoms with Crippen molar-refractivity contribution in [2.75, 3.05) is 32.7 Å². The number of hydrogen-bond donors (Lipinski definition) is 0. The fourth-order valence-electron chi connectivity index (χ4n) is 3.55. The van der Waals surface area contributed by atoms with Crippen molar-refractivity contribution in [2.24, 2.45) is 0 Å². The van der Waals surface area contributed by atoms with E-state index < -0.39 is 0 Å². The second kappa shape index (κ2) is 7.55. The molecule has 2 heterocycles. The van der Waals surface area contributed by atoms with Crippen molar-refractivity contribution >= 4 is 0 Å². The summed E-state index contributed by atoms with van der Waals surface area (Å²) in [6, 6.07) is 0.339. The Kier molecular flexibility index (Phi) is 5.47. The summed E-state index contributed by atoms with van der Waals surface area (Å²) < 4.78 is 6.04. The molecule has 3 rings (SSSR count). The van der Waals surface area contributed by atoms with E-state index in [-0.39, 0.29) is 0 Å². The molecule has 22 heavy (non-hydrogen) atoms. The minimum atomic E-state index is 0.339. The molecule has 1 aliphatic carbocycles. The molecule has 0 bridgehead atoms. The summed E-state index contributed by atoms with van der Waals surface area (Å²) in [5.41, 5.74) is 0. The number of likely N-dealkylation sites (tertiary alicyclic amines) is 1. The van der Waals surface area contributed by atoms with Crippen LogP contribution in [0.15, 0.2) is 4.42 Å². The molecule has 5 nitrogen and oxygen atoms in total. The topological polar surface area (TPSA) is 45.4 Å². The van der Waals surface area contributed by atoms with Crippen molar-refractivity contribution in [1.29, 1.82) is 0 Å². The molecule has 5 heteroatoms. The smallest absolute Gasteiger partial charge is 0.233 e. The van der Waals surface area contributed by atoms with Crippen LogP contribution < -0.4 is 0 Å². The van der Waals surface area contributed by atoms with E-state index in [9.17, 15) is 0 Å². The highest BCUT2D eigenvalue weighted by molar-refractivity contribution is 4.99. The highest BCUT2D eigenvalue weighted by Crippen LogP contribution is 2.37. The Hall–Kier alpha value is -0.940. The lowest BCUT2D eigenvalue weighted by Gasteiger charge is -2.34. The summed E-state index contributed by atoms with van der Waals surface area (Å²) in [7, 11) is 0. The van der Waals surface area contributed by atoms with Crippen molar-refractivity contribution in [3.8, 4) is 0 Å². The van der Waals surface area contributed by atoms with Crippen LogP contribution in [0.4, 0.5) is 0 Å². The molecule has 124 valence electrons. The Labute approximate surface area is 134 Å². The van der Waals surface area contributed by atoms with Gasteiger partial charge in [-0.1, -0.05) is 26.7 Å². The van der Waals surface area contributed by atoms with E-state index in [0.29, 0.717) is 12.0 Å². The van der Waals surface area contributed by atoms with E-state index in [1.807, 2.05) is 0 Å². The van der Waals surface area contributed by atoms with Gasteiger partial charge in [0.2, 0.25) is 11.8 Å². The number of nitrogens with zero attached hydrogens (tertiary/aromatic N) is 4. The zero-order valence-electron chi connectivity index (χ0n) is 14.1. The molecule has 0 unspecified atom stereocenters. The van der Waals surface area contributed by atoms with Crippen LogP contribution in [0.3, 0.4) is 0 Å². The summed E-state index contributed by atoms with van der Waals surface area (Å²) in [5, 5.41) is 8.71. The van der Waals surface area contributed by atoms with E-state index in [0.717, 1.165) is 50.9 Å². The predicted molar refractivity (Wildman–Crippen MR) is 86.8 cm³/mol. The van der Waals surface area contributed by atoms with Gasteiger partial charge in [0.25, 0.3) is 0 Å². The number of piperidine rings is 1. The normalized spacial score (nSPS) is 23.9. The van der Waals surface area contributed by atoms with Gasteiger partial charge >= 0.3 is 0 Å². The first-order chi connectivity index (χ1) is 10.8. The van der Waals surface area contributed by atoms with E-state index >= 15 is 0 Å². The predicted octanol–water partition coefficient (Wildman–Crippen LogP) is 3.21. The molecule has 1 saturated heterocycles. The van der Waals surface area contributed by atoms with Gasteiger partial charge in [-0.2, -0.15) is 0 Å². The van der Waals surface area contributed by atoms with E-state index in [4.69, 9.17) is 4.42 Å². The molecule has 0 N–H and O–H groups in total. The lowest BCUT2D eigenvalue weighted by Crippen LogP contribution is -2.39. The molecule has 0 spiro atoms. The molecule has 1 aromatic rings. The van der Waals surface area contributed by atoms with Crippen molar-refractivity contribution in [1.82, 2.24) is 20.0 Å². The minimum Gasteiger partial charge on any atom is -0.423 e. The van der Waals surface area contributed by atoms with Gasteiger partial charge in [0.1, 0.15) is 0 Å². The third kappa shape index (κ3) is 3.51. The van der Waals surface area contributed by atoms with Gasteiger partial charge in [-0.05, 0) is 45.3 Å². The van der Waals surface area contributed by atoms with Gasteiger partial charge in [0, 0.05) is 19.0 Å². The molecule has 0 radical (unpaired) electrons. The number of rotatable bonds is 7. The van der Waals surface area contributed by atoms with Gasteiger partial charge in [0.05, 0.1) is 6.04 Å². The summed E-state index contributed by atoms with van der Waals surface area (Å²) in [5.74, 6) is 2.28. The maximum Gasteiger partial charge on any atom is 0.233 e. The lowest BCUT2D eigenvalue weighted by atomic mass is 9.85. The lowest BCUT2D eigenvalue weighted by molar-refractivity contribution is 0.107. The van der Waals surface area contributed by atoms with Gasteiger partial charge in [0.15, 0.2) is 0 Å². The highest BCUT2D eigenvalue weighted by atomic mass is 16.4. The van der Waals surface area contributed by atoms with Gasteiger partial charge in [-0.3, -0.25) is 4.90 Å². The molecule has 1 atom stereocenters. The van der Waals surface area contributed by atoms with Crippen LogP contribution in [0.1, 0.15) is 76.1 Å². The quantitative estimate of drug-likeness (QED) is 0.774. The molecular weight excluding hydrogens is 276 g/mol. The van der Waals surface area contributed by atoms with E-state index in [1.165, 1.54) is 32.1 Å². The molecule has 2 fully saturated rings. The van der Waals surface area contributed by atoms with Crippen LogP contribution in [-0.2, 0) is 0 Å². The van der Waals surface area contributed by atoms with Crippen LogP contribution >= 0.6 is 0 Å². The Morgan fingerprint density at radius 2 is 1.82 bits per heavy atom. The summed E-state index contributed by atoms with van der Waals surface area (Å²) in [4.78, 5) is 5.04. The van der Waals surface area contributed by atoms with Crippen molar-refractivity contribution in [3.63, 3.8) is 0 Å². The first-order valence-corrected chi connectivity index (χ1v) is 9.11. The first kappa shape index (κ1) is 15.9. The maximum absolute atomic E-state index is 6.04. The van der Waals surface area contributed by atoms with Gasteiger partial charge < -0.3 is 9.32 Å². The van der Waals surface area contributed by atoms with Crippen molar-refractivity contribution in [3.05, 3.63) is 11.8 Å². The minimum absolute atomic E-state index is 0.339. The summed E-state index contributed by atoms with van der Waals surface area (Å²) in [6.45, 7) is 10.1. The molecule has 1 aromatic heterocycles. The van der Waals surface area contributed by atoms with Crippen LogP contribution in [0.2, 0.25) is 0 Å². The summed E-state index contributed by atoms with van der Waals surface area (Å²) in [6.07, 6.45) is 7.47. The average molecular weight is 306 g/mol. The monoisotopic (exact) mass is 306 g/mol. The van der Waals surface area contributed by atoms with Crippen LogP contribution in [0, 0.1) is 0 Å². The zero-order valence-corrected chi connectivity index (χ0v) is 14.1. The Balaban J connectivity index is 1.62. The van der Waals surface area contributed by atoms with E-state index in [1.54, 1.807) is 0 Å². The van der Waals surface area contributed by atoms with Crippen LogP contribution in [-0.4, -0.2) is 52.7 Å². The number of likely N-dealkylation sites (N-methyl/N-ethyl adjacent to an activating group) is 1. The zero-order chi connectivity index (χ0) is 15.4. The largest absolute Gasteiger partial charge is 0.423 e. The molecule has 0 aromatic carbocycles. The average Bonchev–Trinajstić information content (AvgIpc) is 2.96. The molecule has 2 aliphatic rings. The maximum atomic E-state index is 6.04. The third-order valence-electron chi connectivity index (χ3n) is 5.41. The SMILES string of the molecule is CCN(CC)CCN1CCCC[C@H]1c1nnc(C2CCC2)o1. The van der Waals surface area contributed by atoms with E-state index in [2.05, 4.69) is 33.8 Å². The van der Waals surface area contributed by atoms with Crippen molar-refractivity contribution < 1.29 is 4.42 Å². The third-order valence-corrected chi connectivity index (χ3v) is 5.41. The highest BCUT2D eigenvalue weighted by Gasteiger charge is 2.31.